The van der Waals surface area contributed by atoms with E-state index in [4.69, 9.17) is 14.0 Å². The van der Waals surface area contributed by atoms with Crippen molar-refractivity contribution in [2.24, 2.45) is 5.92 Å². The molecule has 2 aliphatic rings. The van der Waals surface area contributed by atoms with Crippen molar-refractivity contribution in [3.63, 3.8) is 0 Å². The minimum Gasteiger partial charge on any atom is -0.454 e. The fourth-order valence-corrected chi connectivity index (χ4v) is 6.39. The number of thiophene rings is 1. The highest BCUT2D eigenvalue weighted by Crippen LogP contribution is 2.35. The number of piperidine rings is 1. The van der Waals surface area contributed by atoms with E-state index in [2.05, 4.69) is 10.5 Å². The third kappa shape index (κ3) is 4.46. The molecule has 5 rings (SSSR count). The van der Waals surface area contributed by atoms with Gasteiger partial charge in [-0.05, 0) is 55.5 Å². The van der Waals surface area contributed by atoms with Gasteiger partial charge in [0, 0.05) is 35.6 Å². The lowest BCUT2D eigenvalue weighted by atomic mass is 9.97. The summed E-state index contributed by atoms with van der Waals surface area (Å²) in [6, 6.07) is 9.07. The number of nitrogens with zero attached hydrogens (tertiary/aromatic N) is 2. The number of hydrogen-bond donors (Lipinski definition) is 1. The lowest BCUT2D eigenvalue weighted by Crippen LogP contribution is -2.41. The third-order valence-electron chi connectivity index (χ3n) is 5.84. The van der Waals surface area contributed by atoms with Crippen LogP contribution in [0.1, 0.15) is 29.2 Å². The van der Waals surface area contributed by atoms with Crippen LogP contribution in [0.25, 0.3) is 12.2 Å². The summed E-state index contributed by atoms with van der Waals surface area (Å²) < 4.78 is 44.1. The Morgan fingerprint density at radius 3 is 2.74 bits per heavy atom. The zero-order valence-corrected chi connectivity index (χ0v) is 20.0. The number of amides is 1. The number of ether oxygens (including phenoxy) is 2. The summed E-state index contributed by atoms with van der Waals surface area (Å²) in [7, 11) is -3.82. The molecule has 1 amide bonds. The van der Waals surface area contributed by atoms with E-state index in [1.807, 2.05) is 17.5 Å². The van der Waals surface area contributed by atoms with Gasteiger partial charge in [0.2, 0.25) is 22.7 Å². The number of carbonyl (C=O) groups is 1. The topological polar surface area (TPSA) is 111 Å². The molecular weight excluding hydrogens is 478 g/mol. The summed E-state index contributed by atoms with van der Waals surface area (Å²) >= 11 is 1.54. The summed E-state index contributed by atoms with van der Waals surface area (Å²) in [5.74, 6) is 1.00. The molecule has 1 saturated heterocycles. The number of nitrogens with one attached hydrogen (secondary N) is 1. The van der Waals surface area contributed by atoms with Crippen molar-refractivity contribution < 1.29 is 27.2 Å². The van der Waals surface area contributed by atoms with Crippen LogP contribution in [0.5, 0.6) is 11.5 Å². The molecule has 2 aromatic heterocycles. The number of rotatable bonds is 6. The molecule has 2 aliphatic heterocycles. The molecule has 4 heterocycles. The maximum Gasteiger partial charge on any atom is 0.248 e. The lowest BCUT2D eigenvalue weighted by molar-refractivity contribution is -0.120. The van der Waals surface area contributed by atoms with Crippen LogP contribution in [0.3, 0.4) is 0 Å². The largest absolute Gasteiger partial charge is 0.454 e. The Morgan fingerprint density at radius 2 is 1.97 bits per heavy atom. The van der Waals surface area contributed by atoms with E-state index in [9.17, 15) is 13.2 Å². The predicted molar refractivity (Wildman–Crippen MR) is 127 cm³/mol. The van der Waals surface area contributed by atoms with Gasteiger partial charge < -0.3 is 19.3 Å². The van der Waals surface area contributed by atoms with Gasteiger partial charge >= 0.3 is 0 Å². The fraction of sp³-hybridized carbons (Fsp3) is 0.304. The highest BCUT2D eigenvalue weighted by atomic mass is 32.2. The third-order valence-corrected chi connectivity index (χ3v) is 8.73. The summed E-state index contributed by atoms with van der Waals surface area (Å²) in [5, 5.41) is 8.72. The molecule has 0 atom stereocenters. The fourth-order valence-electron chi connectivity index (χ4n) is 4.05. The Hall–Kier alpha value is -3.15. The Labute approximate surface area is 201 Å². The first-order valence-electron chi connectivity index (χ1n) is 10.8. The zero-order chi connectivity index (χ0) is 23.7. The van der Waals surface area contributed by atoms with E-state index in [1.54, 1.807) is 37.3 Å². The Morgan fingerprint density at radius 1 is 1.18 bits per heavy atom. The van der Waals surface area contributed by atoms with Crippen LogP contribution in [0.4, 0.5) is 5.69 Å². The number of hydrogen-bond acceptors (Lipinski definition) is 8. The van der Waals surface area contributed by atoms with Gasteiger partial charge in [-0.15, -0.1) is 11.3 Å². The first-order valence-corrected chi connectivity index (χ1v) is 13.1. The number of benzene rings is 1. The highest BCUT2D eigenvalue weighted by molar-refractivity contribution is 7.89. The van der Waals surface area contributed by atoms with Gasteiger partial charge in [-0.3, -0.25) is 4.79 Å². The van der Waals surface area contributed by atoms with Crippen LogP contribution in [0.15, 0.2) is 45.1 Å². The maximum absolute atomic E-state index is 13.4. The van der Waals surface area contributed by atoms with Crippen molar-refractivity contribution in [2.75, 3.05) is 25.2 Å². The summed E-state index contributed by atoms with van der Waals surface area (Å²) in [5.41, 5.74) is 0.931. The monoisotopic (exact) mass is 501 g/mol. The van der Waals surface area contributed by atoms with Gasteiger partial charge in [-0.25, -0.2) is 8.42 Å². The first kappa shape index (κ1) is 22.6. The molecule has 0 radical (unpaired) electrons. The number of aryl methyl sites for hydroxylation is 1. The van der Waals surface area contributed by atoms with Gasteiger partial charge in [0.25, 0.3) is 0 Å². The van der Waals surface area contributed by atoms with Crippen LogP contribution in [0, 0.1) is 12.8 Å². The van der Waals surface area contributed by atoms with Crippen LogP contribution in [-0.4, -0.2) is 43.7 Å². The predicted octanol–water partition coefficient (Wildman–Crippen LogP) is 3.98. The van der Waals surface area contributed by atoms with Gasteiger partial charge in [0.05, 0.1) is 0 Å². The van der Waals surface area contributed by atoms with Crippen molar-refractivity contribution in [3.8, 4) is 11.5 Å². The number of anilines is 1. The number of carbonyl (C=O) groups excluding carboxylic acids is 1. The molecule has 1 fully saturated rings. The van der Waals surface area contributed by atoms with Gasteiger partial charge in [-0.1, -0.05) is 11.2 Å². The molecule has 0 aliphatic carbocycles. The van der Waals surface area contributed by atoms with Crippen LogP contribution in [0.2, 0.25) is 0 Å². The highest BCUT2D eigenvalue weighted by Gasteiger charge is 2.36. The zero-order valence-electron chi connectivity index (χ0n) is 18.4. The van der Waals surface area contributed by atoms with Crippen LogP contribution in [-0.2, 0) is 14.8 Å². The minimum absolute atomic E-state index is 0.0727. The quantitative estimate of drug-likeness (QED) is 0.544. The molecule has 34 heavy (non-hydrogen) atoms. The molecule has 1 N–H and O–H groups in total. The van der Waals surface area contributed by atoms with Gasteiger partial charge in [0.1, 0.15) is 5.69 Å². The van der Waals surface area contributed by atoms with Crippen molar-refractivity contribution in [1.82, 2.24) is 9.46 Å². The second-order valence-corrected chi connectivity index (χ2v) is 10.9. The molecular formula is C23H23N3O6S2. The molecule has 0 saturated carbocycles. The number of aromatic nitrogens is 1. The average Bonchev–Trinajstić information content (AvgIpc) is 3.58. The van der Waals surface area contributed by atoms with Crippen LogP contribution < -0.4 is 14.8 Å². The molecule has 3 aromatic rings. The summed E-state index contributed by atoms with van der Waals surface area (Å²) in [4.78, 5) is 13.8. The second-order valence-electron chi connectivity index (χ2n) is 8.05. The Balaban J connectivity index is 1.25. The Bertz CT molecular complexity index is 1320. The van der Waals surface area contributed by atoms with Crippen molar-refractivity contribution in [2.45, 2.75) is 24.7 Å². The molecule has 0 spiro atoms. The Kier molecular flexibility index (Phi) is 6.15. The second kappa shape index (κ2) is 9.24. The molecule has 11 heteroatoms. The SMILES string of the molecule is Cc1noc(/C=C/c2cccs2)c1S(=O)(=O)N1CCC(C(=O)Nc2ccc3c(c2)OCO3)CC1. The molecule has 0 unspecified atom stereocenters. The molecule has 1 aromatic carbocycles. The van der Waals surface area contributed by atoms with E-state index in [-0.39, 0.29) is 42.4 Å². The van der Waals surface area contributed by atoms with E-state index in [0.29, 0.717) is 35.7 Å². The van der Waals surface area contributed by atoms with E-state index in [1.165, 1.54) is 15.6 Å². The van der Waals surface area contributed by atoms with Crippen molar-refractivity contribution in [1.29, 1.82) is 0 Å². The molecule has 178 valence electrons. The first-order chi connectivity index (χ1) is 16.4. The summed E-state index contributed by atoms with van der Waals surface area (Å²) in [6.07, 6.45) is 4.27. The number of sulfonamides is 1. The number of fused-ring (bicyclic) bond motifs is 1. The van der Waals surface area contributed by atoms with Crippen molar-refractivity contribution in [3.05, 3.63) is 52.0 Å². The van der Waals surface area contributed by atoms with Crippen molar-refractivity contribution >= 4 is 45.1 Å². The van der Waals surface area contributed by atoms with E-state index in [0.717, 1.165) is 4.88 Å². The van der Waals surface area contributed by atoms with Crippen LogP contribution >= 0.6 is 11.3 Å². The van der Waals surface area contributed by atoms with Gasteiger partial charge in [-0.2, -0.15) is 4.31 Å². The smallest absolute Gasteiger partial charge is 0.248 e. The molecule has 0 bridgehead atoms. The van der Waals surface area contributed by atoms with E-state index >= 15 is 0 Å². The average molecular weight is 502 g/mol. The minimum atomic E-state index is -3.82. The summed E-state index contributed by atoms with van der Waals surface area (Å²) in [6.45, 7) is 2.25. The molecule has 9 nitrogen and oxygen atoms in total. The normalized spacial score (nSPS) is 16.9. The van der Waals surface area contributed by atoms with E-state index < -0.39 is 10.0 Å². The lowest BCUT2D eigenvalue weighted by Gasteiger charge is -2.30. The standard InChI is InChI=1S/C23H23N3O6S2/c1-15-22(20(32-25-15)7-5-18-3-2-12-33-18)34(28,29)26-10-8-16(9-11-26)23(27)24-17-4-6-19-21(13-17)31-14-30-19/h2-7,12-13,16H,8-11,14H2,1H3,(H,24,27)/b7-5+. The maximum atomic E-state index is 13.4. The van der Waals surface area contributed by atoms with Gasteiger partial charge in [0.15, 0.2) is 22.2 Å².